The van der Waals surface area contributed by atoms with E-state index in [1.54, 1.807) is 0 Å². The lowest BCUT2D eigenvalue weighted by molar-refractivity contribution is 0.416. The summed E-state index contributed by atoms with van der Waals surface area (Å²) in [5.74, 6) is 2.72. The standard InChI is InChI=1S/C23H26/c1-2-17-3-9-20(10-4-17)21-11-5-18(6-12-21)7-13-22-15-19-8-14-23(22)16-19/h3-6,8-12,14,19,22-23H,2,7,13,15-16H2,1H3. The topological polar surface area (TPSA) is 0 Å². The third-order valence-corrected chi connectivity index (χ3v) is 5.87. The fraction of sp³-hybridized carbons (Fsp3) is 0.391. The van der Waals surface area contributed by atoms with Gasteiger partial charge in [-0.1, -0.05) is 67.6 Å². The van der Waals surface area contributed by atoms with Crippen LogP contribution in [0.5, 0.6) is 0 Å². The minimum absolute atomic E-state index is 0.886. The Kier molecular flexibility index (Phi) is 4.08. The molecule has 3 atom stereocenters. The van der Waals surface area contributed by atoms with E-state index >= 15 is 0 Å². The van der Waals surface area contributed by atoms with E-state index in [1.165, 1.54) is 47.9 Å². The summed E-state index contributed by atoms with van der Waals surface area (Å²) in [6.45, 7) is 2.20. The highest BCUT2D eigenvalue weighted by Gasteiger charge is 2.34. The Hall–Kier alpha value is -1.82. The molecule has 0 nitrogen and oxygen atoms in total. The molecule has 0 saturated heterocycles. The molecule has 1 fully saturated rings. The molecular formula is C23H26. The van der Waals surface area contributed by atoms with Gasteiger partial charge in [-0.3, -0.25) is 0 Å². The van der Waals surface area contributed by atoms with Gasteiger partial charge in [0.05, 0.1) is 0 Å². The third-order valence-electron chi connectivity index (χ3n) is 5.87. The molecule has 2 aromatic carbocycles. The predicted octanol–water partition coefficient (Wildman–Crippen LogP) is 6.06. The lowest BCUT2D eigenvalue weighted by Crippen LogP contribution is -2.08. The molecule has 0 heterocycles. The Bertz CT molecular complexity index is 675. The molecule has 2 aliphatic carbocycles. The predicted molar refractivity (Wildman–Crippen MR) is 98.4 cm³/mol. The van der Waals surface area contributed by atoms with Gasteiger partial charge in [0.1, 0.15) is 0 Å². The van der Waals surface area contributed by atoms with Gasteiger partial charge in [-0.25, -0.2) is 0 Å². The molecule has 118 valence electrons. The van der Waals surface area contributed by atoms with Crippen LogP contribution in [0, 0.1) is 17.8 Å². The highest BCUT2D eigenvalue weighted by Crippen LogP contribution is 2.45. The average Bonchev–Trinajstić information content (AvgIpc) is 3.24. The van der Waals surface area contributed by atoms with Crippen LogP contribution in [0.15, 0.2) is 60.7 Å². The zero-order valence-corrected chi connectivity index (χ0v) is 14.0. The van der Waals surface area contributed by atoms with Crippen LogP contribution in [-0.2, 0) is 12.8 Å². The van der Waals surface area contributed by atoms with Gasteiger partial charge >= 0.3 is 0 Å². The summed E-state index contributed by atoms with van der Waals surface area (Å²) in [7, 11) is 0. The second kappa shape index (κ2) is 6.35. The third kappa shape index (κ3) is 3.13. The Morgan fingerprint density at radius 1 is 0.783 bits per heavy atom. The Morgan fingerprint density at radius 3 is 1.96 bits per heavy atom. The molecule has 0 spiro atoms. The van der Waals surface area contributed by atoms with E-state index in [1.807, 2.05) is 0 Å². The second-order valence-corrected chi connectivity index (χ2v) is 7.33. The van der Waals surface area contributed by atoms with Gasteiger partial charge in [0.2, 0.25) is 0 Å². The van der Waals surface area contributed by atoms with Crippen LogP contribution < -0.4 is 0 Å². The van der Waals surface area contributed by atoms with Crippen molar-refractivity contribution in [3.63, 3.8) is 0 Å². The molecule has 0 aliphatic heterocycles. The molecule has 4 rings (SSSR count). The van der Waals surface area contributed by atoms with Crippen molar-refractivity contribution in [2.75, 3.05) is 0 Å². The van der Waals surface area contributed by atoms with Gasteiger partial charge in [-0.2, -0.15) is 0 Å². The summed E-state index contributed by atoms with van der Waals surface area (Å²) >= 11 is 0. The van der Waals surface area contributed by atoms with Crippen molar-refractivity contribution < 1.29 is 0 Å². The van der Waals surface area contributed by atoms with Gasteiger partial charge in [0.15, 0.2) is 0 Å². The van der Waals surface area contributed by atoms with E-state index in [-0.39, 0.29) is 0 Å². The Labute approximate surface area is 140 Å². The first-order valence-electron chi connectivity index (χ1n) is 9.18. The van der Waals surface area contributed by atoms with Crippen molar-refractivity contribution in [1.82, 2.24) is 0 Å². The smallest absolute Gasteiger partial charge is 0.0184 e. The summed E-state index contributed by atoms with van der Waals surface area (Å²) < 4.78 is 0. The summed E-state index contributed by atoms with van der Waals surface area (Å²) in [4.78, 5) is 0. The van der Waals surface area contributed by atoms with Crippen molar-refractivity contribution >= 4 is 0 Å². The van der Waals surface area contributed by atoms with Crippen LogP contribution in [-0.4, -0.2) is 0 Å². The first-order chi connectivity index (χ1) is 11.3. The molecule has 3 unspecified atom stereocenters. The molecule has 0 heteroatoms. The fourth-order valence-corrected chi connectivity index (χ4v) is 4.38. The van der Waals surface area contributed by atoms with Crippen molar-refractivity contribution in [3.05, 3.63) is 71.8 Å². The van der Waals surface area contributed by atoms with Crippen molar-refractivity contribution in [2.45, 2.75) is 39.0 Å². The van der Waals surface area contributed by atoms with E-state index in [0.29, 0.717) is 0 Å². The SMILES string of the molecule is CCc1ccc(-c2ccc(CCC3CC4C=CC3C4)cc2)cc1. The van der Waals surface area contributed by atoms with Gasteiger partial charge in [-0.05, 0) is 72.1 Å². The maximum Gasteiger partial charge on any atom is -0.0184 e. The molecule has 1 saturated carbocycles. The highest BCUT2D eigenvalue weighted by molar-refractivity contribution is 5.63. The van der Waals surface area contributed by atoms with Gasteiger partial charge < -0.3 is 0 Å². The van der Waals surface area contributed by atoms with Crippen LogP contribution in [0.1, 0.15) is 37.3 Å². The van der Waals surface area contributed by atoms with E-state index < -0.39 is 0 Å². The minimum Gasteiger partial charge on any atom is -0.0851 e. The van der Waals surface area contributed by atoms with E-state index in [2.05, 4.69) is 67.6 Å². The van der Waals surface area contributed by atoms with Gasteiger partial charge in [0.25, 0.3) is 0 Å². The number of aryl methyl sites for hydroxylation is 2. The molecule has 0 N–H and O–H groups in total. The van der Waals surface area contributed by atoms with Gasteiger partial charge in [0, 0.05) is 0 Å². The average molecular weight is 302 g/mol. The van der Waals surface area contributed by atoms with E-state index in [0.717, 1.165) is 24.2 Å². The zero-order valence-electron chi connectivity index (χ0n) is 14.0. The lowest BCUT2D eigenvalue weighted by atomic mass is 9.88. The first-order valence-corrected chi connectivity index (χ1v) is 9.18. The fourth-order valence-electron chi connectivity index (χ4n) is 4.38. The number of allylic oxidation sites excluding steroid dienone is 2. The number of fused-ring (bicyclic) bond motifs is 2. The number of rotatable bonds is 5. The van der Waals surface area contributed by atoms with E-state index in [9.17, 15) is 0 Å². The minimum atomic E-state index is 0.886. The Balaban J connectivity index is 1.38. The monoisotopic (exact) mass is 302 g/mol. The summed E-state index contributed by atoms with van der Waals surface area (Å²) in [5.41, 5.74) is 5.56. The van der Waals surface area contributed by atoms with Crippen molar-refractivity contribution in [3.8, 4) is 11.1 Å². The van der Waals surface area contributed by atoms with Crippen LogP contribution in [0.4, 0.5) is 0 Å². The van der Waals surface area contributed by atoms with Crippen LogP contribution in [0.2, 0.25) is 0 Å². The van der Waals surface area contributed by atoms with E-state index in [4.69, 9.17) is 0 Å². The number of benzene rings is 2. The maximum atomic E-state index is 2.47. The highest BCUT2D eigenvalue weighted by atomic mass is 14.4. The number of hydrogen-bond acceptors (Lipinski definition) is 0. The largest absolute Gasteiger partial charge is 0.0851 e. The second-order valence-electron chi connectivity index (χ2n) is 7.33. The normalized spacial score (nSPS) is 25.2. The molecule has 0 radical (unpaired) electrons. The maximum absolute atomic E-state index is 2.47. The first kappa shape index (κ1) is 14.8. The van der Waals surface area contributed by atoms with Gasteiger partial charge in [-0.15, -0.1) is 0 Å². The quantitative estimate of drug-likeness (QED) is 0.589. The molecule has 0 aromatic heterocycles. The van der Waals surface area contributed by atoms with Crippen molar-refractivity contribution in [2.24, 2.45) is 17.8 Å². The Morgan fingerprint density at radius 2 is 1.43 bits per heavy atom. The number of hydrogen-bond donors (Lipinski definition) is 0. The summed E-state index contributed by atoms with van der Waals surface area (Å²) in [6.07, 6.45) is 11.5. The van der Waals surface area contributed by atoms with Crippen molar-refractivity contribution in [1.29, 1.82) is 0 Å². The molecular weight excluding hydrogens is 276 g/mol. The molecule has 23 heavy (non-hydrogen) atoms. The lowest BCUT2D eigenvalue weighted by Gasteiger charge is -2.17. The molecule has 2 bridgehead atoms. The zero-order chi connectivity index (χ0) is 15.6. The van der Waals surface area contributed by atoms with Crippen LogP contribution in [0.3, 0.4) is 0 Å². The summed E-state index contributed by atoms with van der Waals surface area (Å²) in [5, 5.41) is 0. The molecule has 2 aliphatic rings. The van der Waals surface area contributed by atoms with Crippen LogP contribution >= 0.6 is 0 Å². The molecule has 0 amide bonds. The summed E-state index contributed by atoms with van der Waals surface area (Å²) in [6, 6.07) is 18.2. The molecule has 2 aromatic rings. The van der Waals surface area contributed by atoms with Crippen LogP contribution in [0.25, 0.3) is 11.1 Å².